The lowest BCUT2D eigenvalue weighted by Gasteiger charge is -2.36. The van der Waals surface area contributed by atoms with E-state index in [1.165, 1.54) is 0 Å². The Morgan fingerprint density at radius 2 is 1.57 bits per heavy atom. The van der Waals surface area contributed by atoms with Crippen LogP contribution in [0.25, 0.3) is 11.4 Å². The Bertz CT molecular complexity index is 2240. The maximum absolute atomic E-state index is 13.2. The quantitative estimate of drug-likeness (QED) is 0.164. The smallest absolute Gasteiger partial charge is 0.262 e. The molecule has 0 radical (unpaired) electrons. The molecule has 4 heterocycles. The minimum Gasteiger partial charge on any atom is -0.490 e. The summed E-state index contributed by atoms with van der Waals surface area (Å²) in [4.78, 5) is 59.7. The number of nitrogens with zero attached hydrogens (tertiary/aromatic N) is 4. The number of hydrogen-bond donors (Lipinski definition) is 2. The molecular formula is C40H36N6O7. The third-order valence-corrected chi connectivity index (χ3v) is 10.1. The van der Waals surface area contributed by atoms with E-state index < -0.39 is 29.7 Å². The summed E-state index contributed by atoms with van der Waals surface area (Å²) in [6, 6.07) is 23.9. The van der Waals surface area contributed by atoms with Gasteiger partial charge in [0.05, 0.1) is 11.1 Å². The molecule has 1 saturated heterocycles. The normalized spacial score (nSPS) is 19.8. The summed E-state index contributed by atoms with van der Waals surface area (Å²) in [6.07, 6.45) is 3.42. The number of rotatable bonds is 10. The van der Waals surface area contributed by atoms with Crippen molar-refractivity contribution in [1.29, 1.82) is 0 Å². The highest BCUT2D eigenvalue weighted by Gasteiger charge is 2.45. The van der Waals surface area contributed by atoms with Crippen molar-refractivity contribution in [1.82, 2.24) is 25.3 Å². The number of aryl methyl sites for hydroxylation is 1. The molecule has 0 spiro atoms. The van der Waals surface area contributed by atoms with Crippen molar-refractivity contribution in [2.45, 2.75) is 70.1 Å². The molecule has 2 fully saturated rings. The van der Waals surface area contributed by atoms with Crippen LogP contribution < -0.4 is 20.1 Å². The summed E-state index contributed by atoms with van der Waals surface area (Å²) >= 11 is 0. The fourth-order valence-corrected chi connectivity index (χ4v) is 6.97. The molecule has 8 rings (SSSR count). The molecule has 1 unspecified atom stereocenters. The van der Waals surface area contributed by atoms with E-state index in [1.807, 2.05) is 24.3 Å². The Labute approximate surface area is 304 Å². The average molecular weight is 713 g/mol. The Morgan fingerprint density at radius 1 is 0.868 bits per heavy atom. The van der Waals surface area contributed by atoms with Gasteiger partial charge in [0.25, 0.3) is 11.8 Å². The van der Waals surface area contributed by atoms with Crippen LogP contribution in [0.3, 0.4) is 0 Å². The van der Waals surface area contributed by atoms with Crippen molar-refractivity contribution >= 4 is 29.3 Å². The molecule has 2 aromatic heterocycles. The van der Waals surface area contributed by atoms with Gasteiger partial charge in [-0.25, -0.2) is 4.98 Å². The van der Waals surface area contributed by atoms with E-state index in [2.05, 4.69) is 63.9 Å². The van der Waals surface area contributed by atoms with Gasteiger partial charge in [-0.2, -0.15) is 4.98 Å². The molecule has 13 heteroatoms. The number of piperidine rings is 1. The summed E-state index contributed by atoms with van der Waals surface area (Å²) < 4.78 is 17.4. The van der Waals surface area contributed by atoms with Crippen molar-refractivity contribution in [2.75, 3.05) is 5.32 Å². The number of anilines is 1. The number of amides is 4. The van der Waals surface area contributed by atoms with E-state index in [1.54, 1.807) is 43.5 Å². The standard InChI is InChI=1S/C40H36N6O7/c1-22-42-36(45-53-22)23-16-17-41-35(18-23)52-29-11-6-25(7-12-29)40(2,3)24-4-9-28(10-5-24)51-30-19-27(20-30)43-26-8-13-31-32(21-26)39(50)46(38(31)49)33-14-15-34(47)44-37(33)48/h4-13,16-18,21,27,30,33,43H,14-15,19-20H2,1-3H3,(H,44,47,48). The van der Waals surface area contributed by atoms with Gasteiger partial charge in [0.1, 0.15) is 23.6 Å². The van der Waals surface area contributed by atoms with E-state index in [0.29, 0.717) is 29.0 Å². The van der Waals surface area contributed by atoms with Crippen LogP contribution in [-0.2, 0) is 15.0 Å². The summed E-state index contributed by atoms with van der Waals surface area (Å²) in [7, 11) is 0. The summed E-state index contributed by atoms with van der Waals surface area (Å²) in [5.74, 6) is 0.769. The second-order valence-electron chi connectivity index (χ2n) is 14.1. The second kappa shape index (κ2) is 13.3. The van der Waals surface area contributed by atoms with Crippen molar-refractivity contribution in [3.8, 4) is 28.8 Å². The van der Waals surface area contributed by atoms with Gasteiger partial charge in [0.15, 0.2) is 0 Å². The van der Waals surface area contributed by atoms with Gasteiger partial charge in [-0.15, -0.1) is 0 Å². The molecule has 53 heavy (non-hydrogen) atoms. The van der Waals surface area contributed by atoms with E-state index in [-0.39, 0.29) is 41.5 Å². The number of imide groups is 2. The predicted octanol–water partition coefficient (Wildman–Crippen LogP) is 5.98. The molecule has 3 aliphatic rings. The van der Waals surface area contributed by atoms with Gasteiger partial charge < -0.3 is 19.3 Å². The first-order valence-corrected chi connectivity index (χ1v) is 17.5. The van der Waals surface area contributed by atoms with Crippen LogP contribution in [0.2, 0.25) is 0 Å². The monoisotopic (exact) mass is 712 g/mol. The Hall–Kier alpha value is -6.37. The minimum absolute atomic E-state index is 0.0334. The number of ether oxygens (including phenoxy) is 2. The zero-order valence-corrected chi connectivity index (χ0v) is 29.3. The molecule has 3 aromatic carbocycles. The average Bonchev–Trinajstić information content (AvgIpc) is 3.67. The van der Waals surface area contributed by atoms with Crippen molar-refractivity contribution in [3.63, 3.8) is 0 Å². The van der Waals surface area contributed by atoms with Gasteiger partial charge in [0.2, 0.25) is 29.4 Å². The van der Waals surface area contributed by atoms with E-state index in [4.69, 9.17) is 14.0 Å². The van der Waals surface area contributed by atoms with Crippen LogP contribution in [0.1, 0.15) is 77.3 Å². The molecule has 1 saturated carbocycles. The number of aromatic nitrogens is 3. The Kier molecular flexibility index (Phi) is 8.48. The molecule has 2 N–H and O–H groups in total. The van der Waals surface area contributed by atoms with Gasteiger partial charge >= 0.3 is 0 Å². The van der Waals surface area contributed by atoms with Crippen LogP contribution in [0, 0.1) is 6.92 Å². The van der Waals surface area contributed by atoms with E-state index in [0.717, 1.165) is 40.2 Å². The first-order valence-electron chi connectivity index (χ1n) is 17.5. The molecule has 1 aliphatic carbocycles. The number of nitrogens with one attached hydrogen (secondary N) is 2. The number of carbonyl (C=O) groups excluding carboxylic acids is 4. The van der Waals surface area contributed by atoms with Crippen LogP contribution >= 0.6 is 0 Å². The fourth-order valence-electron chi connectivity index (χ4n) is 6.97. The van der Waals surface area contributed by atoms with Gasteiger partial charge in [-0.3, -0.25) is 29.4 Å². The Balaban J connectivity index is 0.839. The first-order chi connectivity index (χ1) is 25.5. The predicted molar refractivity (Wildman–Crippen MR) is 192 cm³/mol. The van der Waals surface area contributed by atoms with Crippen LogP contribution in [0.15, 0.2) is 89.6 Å². The maximum Gasteiger partial charge on any atom is 0.262 e. The number of benzene rings is 3. The lowest BCUT2D eigenvalue weighted by atomic mass is 9.78. The van der Waals surface area contributed by atoms with Crippen LogP contribution in [-0.4, -0.2) is 61.8 Å². The molecule has 0 bridgehead atoms. The third-order valence-electron chi connectivity index (χ3n) is 10.1. The highest BCUT2D eigenvalue weighted by molar-refractivity contribution is 6.23. The largest absolute Gasteiger partial charge is 0.490 e. The zero-order valence-electron chi connectivity index (χ0n) is 29.3. The summed E-state index contributed by atoms with van der Waals surface area (Å²) in [5, 5.41) is 9.62. The van der Waals surface area contributed by atoms with Gasteiger partial charge in [-0.05, 0) is 66.1 Å². The molecule has 5 aromatic rings. The summed E-state index contributed by atoms with van der Waals surface area (Å²) in [5.41, 5.74) is 3.95. The lowest BCUT2D eigenvalue weighted by molar-refractivity contribution is -0.136. The first kappa shape index (κ1) is 33.8. The SMILES string of the molecule is Cc1nc(-c2ccnc(Oc3ccc(C(C)(C)c4ccc(OC5CC(Nc6ccc7c(c6)C(=O)N(C6CCC(=O)NC6=O)C7=O)C5)cc4)cc3)c2)no1. The molecule has 13 nitrogen and oxygen atoms in total. The number of fused-ring (bicyclic) bond motifs is 1. The lowest BCUT2D eigenvalue weighted by Crippen LogP contribution is -2.54. The molecular weight excluding hydrogens is 676 g/mol. The van der Waals surface area contributed by atoms with Crippen LogP contribution in [0.5, 0.6) is 17.4 Å². The highest BCUT2D eigenvalue weighted by Crippen LogP contribution is 2.36. The topological polar surface area (TPSA) is 166 Å². The third kappa shape index (κ3) is 6.61. The van der Waals surface area contributed by atoms with Crippen molar-refractivity contribution < 1.29 is 33.2 Å². The number of pyridine rings is 1. The van der Waals surface area contributed by atoms with Gasteiger partial charge in [0, 0.05) is 61.2 Å². The van der Waals surface area contributed by atoms with Gasteiger partial charge in [-0.1, -0.05) is 43.3 Å². The Morgan fingerprint density at radius 3 is 2.25 bits per heavy atom. The van der Waals surface area contributed by atoms with Crippen LogP contribution in [0.4, 0.5) is 5.69 Å². The number of carbonyl (C=O) groups is 4. The zero-order chi connectivity index (χ0) is 36.9. The second-order valence-corrected chi connectivity index (χ2v) is 14.1. The fraction of sp³-hybridized carbons (Fsp3) is 0.275. The summed E-state index contributed by atoms with van der Waals surface area (Å²) in [6.45, 7) is 6.09. The maximum atomic E-state index is 13.2. The molecule has 1 atom stereocenters. The highest BCUT2D eigenvalue weighted by atomic mass is 16.5. The molecule has 2 aliphatic heterocycles. The van der Waals surface area contributed by atoms with Crippen molar-refractivity contribution in [3.05, 3.63) is 113 Å². The number of hydrogen-bond acceptors (Lipinski definition) is 11. The van der Waals surface area contributed by atoms with E-state index >= 15 is 0 Å². The minimum atomic E-state index is -0.990. The molecule has 268 valence electrons. The van der Waals surface area contributed by atoms with Crippen molar-refractivity contribution in [2.24, 2.45) is 0 Å². The van der Waals surface area contributed by atoms with E-state index in [9.17, 15) is 19.2 Å². The molecule has 4 amide bonds.